The number of Topliss-reactive ketones (excluding diaryl/α,β-unsaturated/α-hetero) is 1. The first-order valence-corrected chi connectivity index (χ1v) is 6.02. The van der Waals surface area contributed by atoms with Crippen LogP contribution in [-0.2, 0) is 24.0 Å². The lowest BCUT2D eigenvalue weighted by molar-refractivity contribution is 0.0788. The summed E-state index contributed by atoms with van der Waals surface area (Å²) < 4.78 is 5.34. The maximum atomic E-state index is 12.0. The van der Waals surface area contributed by atoms with E-state index in [0.29, 0.717) is 6.61 Å². The first kappa shape index (κ1) is 11.3. The van der Waals surface area contributed by atoms with Gasteiger partial charge in [0.15, 0.2) is 5.78 Å². The Morgan fingerprint density at radius 3 is 2.56 bits per heavy atom. The van der Waals surface area contributed by atoms with Crippen molar-refractivity contribution in [1.29, 1.82) is 0 Å². The van der Waals surface area contributed by atoms with Crippen LogP contribution in [0.15, 0.2) is 12.1 Å². The predicted molar refractivity (Wildman–Crippen MR) is 64.1 cm³/mol. The van der Waals surface area contributed by atoms with Crippen molar-refractivity contribution in [1.82, 2.24) is 0 Å². The topological polar surface area (TPSA) is 26.3 Å². The largest absolute Gasteiger partial charge is 0.373 e. The fourth-order valence-corrected chi connectivity index (χ4v) is 2.41. The number of ketones is 1. The highest BCUT2D eigenvalue weighted by Gasteiger charge is 2.20. The number of ether oxygens (including phenoxy) is 1. The zero-order valence-electron chi connectivity index (χ0n) is 10.0. The van der Waals surface area contributed by atoms with E-state index in [0.717, 1.165) is 24.8 Å². The number of benzene rings is 1. The standard InChI is InChI=1S/C14H18O2/c1-3-10-5-6-11(4-2)14-12(10)7-8-16-9-13(14)15/h5-6H,3-4,7-9H2,1-2H3. The minimum Gasteiger partial charge on any atom is -0.373 e. The average Bonchev–Trinajstić information content (AvgIpc) is 2.51. The number of rotatable bonds is 2. The molecule has 0 aromatic heterocycles. The third kappa shape index (κ3) is 1.90. The van der Waals surface area contributed by atoms with Crippen LogP contribution in [0.1, 0.15) is 40.9 Å². The van der Waals surface area contributed by atoms with E-state index in [9.17, 15) is 4.79 Å². The number of hydrogen-bond acceptors (Lipinski definition) is 2. The molecule has 2 heteroatoms. The zero-order valence-corrected chi connectivity index (χ0v) is 10.0. The van der Waals surface area contributed by atoms with Gasteiger partial charge in [0, 0.05) is 5.56 Å². The summed E-state index contributed by atoms with van der Waals surface area (Å²) in [6, 6.07) is 4.26. The lowest BCUT2D eigenvalue weighted by atomic mass is 9.90. The molecule has 0 N–H and O–H groups in total. The highest BCUT2D eigenvalue weighted by Crippen LogP contribution is 2.24. The van der Waals surface area contributed by atoms with Gasteiger partial charge in [0.2, 0.25) is 0 Å². The van der Waals surface area contributed by atoms with Gasteiger partial charge >= 0.3 is 0 Å². The number of hydrogen-bond donors (Lipinski definition) is 0. The lowest BCUT2D eigenvalue weighted by Gasteiger charge is -2.13. The van der Waals surface area contributed by atoms with Gasteiger partial charge in [-0.1, -0.05) is 26.0 Å². The average molecular weight is 218 g/mol. The van der Waals surface area contributed by atoms with E-state index in [-0.39, 0.29) is 12.4 Å². The summed E-state index contributed by atoms with van der Waals surface area (Å²) in [4.78, 5) is 12.0. The summed E-state index contributed by atoms with van der Waals surface area (Å²) in [5.41, 5.74) is 4.64. The third-order valence-electron chi connectivity index (χ3n) is 3.27. The number of carbonyl (C=O) groups excluding carboxylic acids is 1. The Hall–Kier alpha value is -1.15. The Balaban J connectivity index is 2.61. The van der Waals surface area contributed by atoms with E-state index in [1.807, 2.05) is 0 Å². The van der Waals surface area contributed by atoms with Crippen molar-refractivity contribution in [3.63, 3.8) is 0 Å². The Labute approximate surface area is 96.6 Å². The van der Waals surface area contributed by atoms with Crippen LogP contribution in [0.25, 0.3) is 0 Å². The summed E-state index contributed by atoms with van der Waals surface area (Å²) in [6.45, 7) is 5.14. The first-order valence-electron chi connectivity index (χ1n) is 6.02. The molecular formula is C14H18O2. The fraction of sp³-hybridized carbons (Fsp3) is 0.500. The molecular weight excluding hydrogens is 200 g/mol. The van der Waals surface area contributed by atoms with E-state index < -0.39 is 0 Å². The number of aryl methyl sites for hydroxylation is 2. The van der Waals surface area contributed by atoms with Crippen LogP contribution in [0.5, 0.6) is 0 Å². The second-order valence-corrected chi connectivity index (χ2v) is 4.17. The second kappa shape index (κ2) is 4.79. The molecule has 1 aliphatic rings. The smallest absolute Gasteiger partial charge is 0.189 e. The highest BCUT2D eigenvalue weighted by molar-refractivity contribution is 6.00. The van der Waals surface area contributed by atoms with Crippen LogP contribution in [-0.4, -0.2) is 19.0 Å². The summed E-state index contributed by atoms with van der Waals surface area (Å²) in [6.07, 6.45) is 2.77. The number of fused-ring (bicyclic) bond motifs is 1. The third-order valence-corrected chi connectivity index (χ3v) is 3.27. The van der Waals surface area contributed by atoms with Gasteiger partial charge in [-0.2, -0.15) is 0 Å². The molecule has 0 bridgehead atoms. The molecule has 0 unspecified atom stereocenters. The van der Waals surface area contributed by atoms with Crippen molar-refractivity contribution in [2.24, 2.45) is 0 Å². The van der Waals surface area contributed by atoms with Crippen LogP contribution in [0.4, 0.5) is 0 Å². The van der Waals surface area contributed by atoms with Crippen molar-refractivity contribution in [2.75, 3.05) is 13.2 Å². The lowest BCUT2D eigenvalue weighted by Crippen LogP contribution is -2.11. The maximum absolute atomic E-state index is 12.0. The molecule has 0 spiro atoms. The van der Waals surface area contributed by atoms with E-state index in [4.69, 9.17) is 4.74 Å². The van der Waals surface area contributed by atoms with Crippen LogP contribution in [0, 0.1) is 0 Å². The Kier molecular flexibility index (Phi) is 3.39. The van der Waals surface area contributed by atoms with Crippen LogP contribution >= 0.6 is 0 Å². The molecule has 1 aliphatic heterocycles. The fourth-order valence-electron chi connectivity index (χ4n) is 2.41. The Morgan fingerprint density at radius 2 is 1.88 bits per heavy atom. The first-order chi connectivity index (χ1) is 7.77. The van der Waals surface area contributed by atoms with Crippen molar-refractivity contribution in [3.8, 4) is 0 Å². The normalized spacial score (nSPS) is 15.8. The zero-order chi connectivity index (χ0) is 11.5. The molecule has 86 valence electrons. The van der Waals surface area contributed by atoms with Gasteiger partial charge in [0.1, 0.15) is 6.61 Å². The quantitative estimate of drug-likeness (QED) is 0.762. The Morgan fingerprint density at radius 1 is 1.19 bits per heavy atom. The van der Waals surface area contributed by atoms with Crippen LogP contribution in [0.3, 0.4) is 0 Å². The van der Waals surface area contributed by atoms with Crippen molar-refractivity contribution >= 4 is 5.78 Å². The van der Waals surface area contributed by atoms with E-state index >= 15 is 0 Å². The molecule has 0 amide bonds. The molecule has 1 aromatic carbocycles. The second-order valence-electron chi connectivity index (χ2n) is 4.17. The molecule has 0 saturated carbocycles. The minimum atomic E-state index is 0.152. The van der Waals surface area contributed by atoms with Crippen LogP contribution < -0.4 is 0 Å². The van der Waals surface area contributed by atoms with Gasteiger partial charge < -0.3 is 4.74 Å². The van der Waals surface area contributed by atoms with Crippen molar-refractivity contribution in [3.05, 3.63) is 34.4 Å². The van der Waals surface area contributed by atoms with Crippen molar-refractivity contribution < 1.29 is 9.53 Å². The molecule has 1 aromatic rings. The summed E-state index contributed by atoms with van der Waals surface area (Å²) in [5.74, 6) is 0.152. The monoisotopic (exact) mass is 218 g/mol. The Bertz CT molecular complexity index is 407. The summed E-state index contributed by atoms with van der Waals surface area (Å²) >= 11 is 0. The SMILES string of the molecule is CCc1ccc(CC)c2c1CCOCC2=O. The molecule has 2 rings (SSSR count). The molecule has 0 atom stereocenters. The van der Waals surface area contributed by atoms with E-state index in [1.54, 1.807) is 0 Å². The minimum absolute atomic E-state index is 0.152. The van der Waals surface area contributed by atoms with Crippen molar-refractivity contribution in [2.45, 2.75) is 33.1 Å². The summed E-state index contributed by atoms with van der Waals surface area (Å²) in [5, 5.41) is 0. The molecule has 16 heavy (non-hydrogen) atoms. The molecule has 0 radical (unpaired) electrons. The van der Waals surface area contributed by atoms with Gasteiger partial charge in [-0.25, -0.2) is 0 Å². The van der Waals surface area contributed by atoms with Gasteiger partial charge in [-0.15, -0.1) is 0 Å². The molecule has 1 heterocycles. The van der Waals surface area contributed by atoms with E-state index in [2.05, 4.69) is 26.0 Å². The highest BCUT2D eigenvalue weighted by atomic mass is 16.5. The van der Waals surface area contributed by atoms with E-state index in [1.165, 1.54) is 16.7 Å². The molecule has 2 nitrogen and oxygen atoms in total. The van der Waals surface area contributed by atoms with Gasteiger partial charge in [-0.05, 0) is 36.0 Å². The van der Waals surface area contributed by atoms with Gasteiger partial charge in [0.05, 0.1) is 6.61 Å². The van der Waals surface area contributed by atoms with Gasteiger partial charge in [0.25, 0.3) is 0 Å². The molecule has 0 aliphatic carbocycles. The summed E-state index contributed by atoms with van der Waals surface area (Å²) in [7, 11) is 0. The molecule has 0 fully saturated rings. The predicted octanol–water partition coefficient (Wildman–Crippen LogP) is 2.57. The molecule has 0 saturated heterocycles. The van der Waals surface area contributed by atoms with Crippen LogP contribution in [0.2, 0.25) is 0 Å². The maximum Gasteiger partial charge on any atom is 0.189 e. The van der Waals surface area contributed by atoms with Gasteiger partial charge in [-0.3, -0.25) is 4.79 Å². The number of carbonyl (C=O) groups is 1.